The van der Waals surface area contributed by atoms with Gasteiger partial charge >= 0.3 is 0 Å². The van der Waals surface area contributed by atoms with E-state index in [4.69, 9.17) is 14.3 Å². The van der Waals surface area contributed by atoms with Gasteiger partial charge in [0.05, 0.1) is 17.8 Å². The number of primary sulfonamides is 1. The summed E-state index contributed by atoms with van der Waals surface area (Å²) in [5.41, 5.74) is 3.50. The zero-order chi connectivity index (χ0) is 21.2. The molecule has 0 fully saturated rings. The van der Waals surface area contributed by atoms with Crippen LogP contribution < -0.4 is 15.2 Å². The minimum absolute atomic E-state index is 0.0736. The zero-order valence-corrected chi connectivity index (χ0v) is 17.2. The maximum Gasteiger partial charge on any atom is 0.248 e. The zero-order valence-electron chi connectivity index (χ0n) is 16.4. The number of hydrogen-bond acceptors (Lipinski definition) is 5. The molecule has 3 aromatic rings. The summed E-state index contributed by atoms with van der Waals surface area (Å²) in [5.74, 6) is 0.215. The van der Waals surface area contributed by atoms with Crippen molar-refractivity contribution >= 4 is 38.2 Å². The van der Waals surface area contributed by atoms with Crippen molar-refractivity contribution in [2.24, 2.45) is 5.14 Å². The van der Waals surface area contributed by atoms with Gasteiger partial charge in [0.1, 0.15) is 11.3 Å². The summed E-state index contributed by atoms with van der Waals surface area (Å²) < 4.78 is 34.2. The highest BCUT2D eigenvalue weighted by atomic mass is 32.2. The highest BCUT2D eigenvalue weighted by molar-refractivity contribution is 7.89. The lowest BCUT2D eigenvalue weighted by Gasteiger charge is -2.11. The molecule has 0 spiro atoms. The summed E-state index contributed by atoms with van der Waals surface area (Å²) in [5, 5.41) is 8.73. The standard InChI is InChI=1S/C21H22N2O5S/c1-4-27-19-11-20-18(14(3)12-28-20)10-17(19)13(2)8-21(24)23-15-6-5-7-16(9-15)29(22,25)26/h5-12H,4H2,1-3H3,(H,23,24)(H2,22,25,26)/b13-8+. The molecule has 0 saturated heterocycles. The molecular weight excluding hydrogens is 392 g/mol. The molecule has 0 radical (unpaired) electrons. The predicted molar refractivity (Wildman–Crippen MR) is 112 cm³/mol. The first-order valence-corrected chi connectivity index (χ1v) is 10.5. The first kappa shape index (κ1) is 20.6. The molecule has 0 aliphatic carbocycles. The molecule has 29 heavy (non-hydrogen) atoms. The fourth-order valence-electron chi connectivity index (χ4n) is 2.97. The second kappa shape index (κ2) is 8.10. The van der Waals surface area contributed by atoms with Gasteiger partial charge in [-0.3, -0.25) is 4.79 Å². The summed E-state index contributed by atoms with van der Waals surface area (Å²) in [6.07, 6.45) is 3.11. The van der Waals surface area contributed by atoms with Crippen LogP contribution in [0.4, 0.5) is 5.69 Å². The van der Waals surface area contributed by atoms with Crippen molar-refractivity contribution in [2.45, 2.75) is 25.7 Å². The van der Waals surface area contributed by atoms with E-state index in [1.807, 2.05) is 26.0 Å². The Kier molecular flexibility index (Phi) is 5.76. The van der Waals surface area contributed by atoms with Crippen LogP contribution in [0.3, 0.4) is 0 Å². The summed E-state index contributed by atoms with van der Waals surface area (Å²) in [6, 6.07) is 9.51. The third-order valence-corrected chi connectivity index (χ3v) is 5.28. The molecule has 1 amide bonds. The van der Waals surface area contributed by atoms with Gasteiger partial charge in [0.15, 0.2) is 0 Å². The Morgan fingerprint density at radius 1 is 1.28 bits per heavy atom. The molecule has 0 aliphatic rings. The van der Waals surface area contributed by atoms with Crippen molar-refractivity contribution in [1.82, 2.24) is 0 Å². The summed E-state index contributed by atoms with van der Waals surface area (Å²) in [7, 11) is -3.85. The Balaban J connectivity index is 1.91. The van der Waals surface area contributed by atoms with E-state index in [-0.39, 0.29) is 4.90 Å². The number of carbonyl (C=O) groups is 1. The number of amides is 1. The van der Waals surface area contributed by atoms with Crippen molar-refractivity contribution in [1.29, 1.82) is 0 Å². The fourth-order valence-corrected chi connectivity index (χ4v) is 3.53. The highest BCUT2D eigenvalue weighted by Gasteiger charge is 2.13. The Bertz CT molecular complexity index is 1210. The minimum Gasteiger partial charge on any atom is -0.493 e. The average molecular weight is 414 g/mol. The first-order chi connectivity index (χ1) is 13.7. The smallest absolute Gasteiger partial charge is 0.248 e. The van der Waals surface area contributed by atoms with Crippen molar-refractivity contribution in [3.8, 4) is 5.75 Å². The molecule has 7 nitrogen and oxygen atoms in total. The van der Waals surface area contributed by atoms with Gasteiger partial charge in [-0.25, -0.2) is 13.6 Å². The molecule has 0 bridgehead atoms. The number of allylic oxidation sites excluding steroid dienone is 1. The lowest BCUT2D eigenvalue weighted by atomic mass is 10.0. The molecule has 0 saturated carbocycles. The normalized spacial score (nSPS) is 12.2. The maximum absolute atomic E-state index is 12.5. The first-order valence-electron chi connectivity index (χ1n) is 8.96. The number of benzene rings is 2. The molecule has 8 heteroatoms. The number of nitrogens with two attached hydrogens (primary N) is 1. The number of fused-ring (bicyclic) bond motifs is 1. The predicted octanol–water partition coefficient (Wildman–Crippen LogP) is 3.83. The quantitative estimate of drug-likeness (QED) is 0.596. The number of carbonyl (C=O) groups excluding carboxylic acids is 1. The molecular formula is C21H22N2O5S. The van der Waals surface area contributed by atoms with Gasteiger partial charge in [-0.2, -0.15) is 0 Å². The topological polar surface area (TPSA) is 112 Å². The van der Waals surface area contributed by atoms with Crippen LogP contribution in [0.2, 0.25) is 0 Å². The Morgan fingerprint density at radius 2 is 2.03 bits per heavy atom. The van der Waals surface area contributed by atoms with Gasteiger partial charge in [-0.15, -0.1) is 0 Å². The maximum atomic E-state index is 12.5. The fraction of sp³-hybridized carbons (Fsp3) is 0.190. The molecule has 3 rings (SSSR count). The van der Waals surface area contributed by atoms with Crippen LogP contribution in [-0.4, -0.2) is 20.9 Å². The van der Waals surface area contributed by atoms with Gasteiger partial charge in [0.25, 0.3) is 0 Å². The summed E-state index contributed by atoms with van der Waals surface area (Å²) >= 11 is 0. The number of hydrogen-bond donors (Lipinski definition) is 2. The van der Waals surface area contributed by atoms with E-state index < -0.39 is 15.9 Å². The lowest BCUT2D eigenvalue weighted by Crippen LogP contribution is -2.13. The molecule has 1 aromatic heterocycles. The van der Waals surface area contributed by atoms with Crippen molar-refractivity contribution in [2.75, 3.05) is 11.9 Å². The van der Waals surface area contributed by atoms with Crippen LogP contribution in [0.25, 0.3) is 16.5 Å². The highest BCUT2D eigenvalue weighted by Crippen LogP contribution is 2.33. The van der Waals surface area contributed by atoms with Crippen LogP contribution in [0, 0.1) is 6.92 Å². The van der Waals surface area contributed by atoms with E-state index >= 15 is 0 Å². The molecule has 2 aromatic carbocycles. The largest absolute Gasteiger partial charge is 0.493 e. The lowest BCUT2D eigenvalue weighted by molar-refractivity contribution is -0.111. The second-order valence-corrected chi connectivity index (χ2v) is 8.15. The van der Waals surface area contributed by atoms with Gasteiger partial charge in [-0.1, -0.05) is 6.07 Å². The van der Waals surface area contributed by atoms with Crippen LogP contribution in [0.15, 0.2) is 58.1 Å². The number of ether oxygens (including phenoxy) is 1. The van der Waals surface area contributed by atoms with Gasteiger partial charge in [-0.05, 0) is 56.2 Å². The van der Waals surface area contributed by atoms with E-state index in [9.17, 15) is 13.2 Å². The number of aryl methyl sites for hydroxylation is 1. The Hall–Kier alpha value is -3.10. The molecule has 1 heterocycles. The Labute approximate surface area is 169 Å². The van der Waals surface area contributed by atoms with Crippen LogP contribution in [0.5, 0.6) is 5.75 Å². The number of anilines is 1. The molecule has 0 aliphatic heterocycles. The van der Waals surface area contributed by atoms with Gasteiger partial charge < -0.3 is 14.5 Å². The molecule has 3 N–H and O–H groups in total. The number of furan rings is 1. The van der Waals surface area contributed by atoms with Crippen LogP contribution in [0.1, 0.15) is 25.0 Å². The van der Waals surface area contributed by atoms with Crippen molar-refractivity contribution < 1.29 is 22.4 Å². The van der Waals surface area contributed by atoms with E-state index in [1.165, 1.54) is 24.3 Å². The SMILES string of the molecule is CCOc1cc2occ(C)c2cc1/C(C)=C/C(=O)Nc1cccc(S(N)(=O)=O)c1. The van der Waals surface area contributed by atoms with Crippen LogP contribution >= 0.6 is 0 Å². The molecule has 0 unspecified atom stereocenters. The number of nitrogens with one attached hydrogen (secondary N) is 1. The monoisotopic (exact) mass is 414 g/mol. The van der Waals surface area contributed by atoms with Gasteiger partial charge in [0.2, 0.25) is 15.9 Å². The minimum atomic E-state index is -3.85. The second-order valence-electron chi connectivity index (χ2n) is 6.59. The van der Waals surface area contributed by atoms with Crippen LogP contribution in [-0.2, 0) is 14.8 Å². The van der Waals surface area contributed by atoms with Crippen molar-refractivity contribution in [3.63, 3.8) is 0 Å². The summed E-state index contributed by atoms with van der Waals surface area (Å²) in [4.78, 5) is 12.4. The third-order valence-electron chi connectivity index (χ3n) is 4.37. The molecule has 152 valence electrons. The third kappa shape index (κ3) is 4.67. The van der Waals surface area contributed by atoms with E-state index in [0.717, 1.165) is 16.5 Å². The summed E-state index contributed by atoms with van der Waals surface area (Å²) in [6.45, 7) is 6.10. The van der Waals surface area contributed by atoms with Crippen molar-refractivity contribution in [3.05, 3.63) is 59.9 Å². The van der Waals surface area contributed by atoms with E-state index in [0.29, 0.717) is 29.2 Å². The van der Waals surface area contributed by atoms with E-state index in [2.05, 4.69) is 5.32 Å². The molecule has 0 atom stereocenters. The number of sulfonamides is 1. The Morgan fingerprint density at radius 3 is 2.72 bits per heavy atom. The number of rotatable bonds is 6. The van der Waals surface area contributed by atoms with E-state index in [1.54, 1.807) is 19.3 Å². The van der Waals surface area contributed by atoms with Gasteiger partial charge in [0, 0.05) is 28.8 Å². The average Bonchev–Trinajstić information content (AvgIpc) is 3.01.